The fourth-order valence-corrected chi connectivity index (χ4v) is 3.58. The lowest BCUT2D eigenvalue weighted by atomic mass is 9.98. The van der Waals surface area contributed by atoms with Crippen molar-refractivity contribution in [3.05, 3.63) is 76.0 Å². The molecule has 1 unspecified atom stereocenters. The zero-order chi connectivity index (χ0) is 17.3. The first-order valence-electron chi connectivity index (χ1n) is 8.13. The van der Waals surface area contributed by atoms with Crippen molar-refractivity contribution in [2.24, 2.45) is 0 Å². The van der Waals surface area contributed by atoms with E-state index in [-0.39, 0.29) is 17.6 Å². The molecule has 0 fully saturated rings. The maximum Gasteiger partial charge on any atom is 0.132 e. The summed E-state index contributed by atoms with van der Waals surface area (Å²) in [4.78, 5) is 1.78. The van der Waals surface area contributed by atoms with Crippen LogP contribution < -0.4 is 0 Å². The molecule has 0 saturated carbocycles. The highest BCUT2D eigenvalue weighted by atomic mass is 35.5. The average molecular weight is 341 g/mol. The Morgan fingerprint density at radius 3 is 2.50 bits per heavy atom. The van der Waals surface area contributed by atoms with E-state index in [1.807, 2.05) is 55.6 Å². The molecule has 4 heteroatoms. The second-order valence-electron chi connectivity index (χ2n) is 6.06. The summed E-state index contributed by atoms with van der Waals surface area (Å²) in [5, 5.41) is 20.0. The standard InChI is InChI=1S/C20H21ClN2O/c1-3-8-13-11-7-12-15(17(13)21)16-19(24)18(23(2)20(16)22)14-9-5-4-6-10-14/h4-7,9-12,18,22,24H,3,8H2,1-2H3. The Labute approximate surface area is 147 Å². The molecule has 124 valence electrons. The van der Waals surface area contributed by atoms with E-state index in [0.717, 1.165) is 29.5 Å². The van der Waals surface area contributed by atoms with Gasteiger partial charge in [0, 0.05) is 12.6 Å². The zero-order valence-electron chi connectivity index (χ0n) is 13.9. The van der Waals surface area contributed by atoms with E-state index in [0.29, 0.717) is 10.6 Å². The number of benzene rings is 2. The van der Waals surface area contributed by atoms with Crippen LogP contribution in [0.25, 0.3) is 5.57 Å². The fourth-order valence-electron chi connectivity index (χ4n) is 3.26. The molecule has 0 spiro atoms. The Balaban J connectivity index is 2.12. The molecule has 1 aliphatic rings. The normalized spacial score (nSPS) is 17.7. The summed E-state index contributed by atoms with van der Waals surface area (Å²) in [6, 6.07) is 15.2. The van der Waals surface area contributed by atoms with E-state index in [4.69, 9.17) is 17.0 Å². The second kappa shape index (κ2) is 6.70. The molecule has 0 saturated heterocycles. The predicted octanol–water partition coefficient (Wildman–Crippen LogP) is 5.23. The van der Waals surface area contributed by atoms with E-state index >= 15 is 0 Å². The van der Waals surface area contributed by atoms with Crippen LogP contribution in [0.15, 0.2) is 54.3 Å². The molecule has 3 nitrogen and oxygen atoms in total. The largest absolute Gasteiger partial charge is 0.509 e. The summed E-state index contributed by atoms with van der Waals surface area (Å²) in [7, 11) is 1.83. The number of aliphatic hydroxyl groups is 1. The van der Waals surface area contributed by atoms with E-state index in [9.17, 15) is 5.11 Å². The fraction of sp³-hybridized carbons (Fsp3) is 0.250. The van der Waals surface area contributed by atoms with Crippen LogP contribution in [0, 0.1) is 5.41 Å². The van der Waals surface area contributed by atoms with Crippen molar-refractivity contribution in [2.45, 2.75) is 25.8 Å². The third kappa shape index (κ3) is 2.69. The highest BCUT2D eigenvalue weighted by Gasteiger charge is 2.37. The first-order chi connectivity index (χ1) is 11.6. The Morgan fingerprint density at radius 2 is 1.83 bits per heavy atom. The van der Waals surface area contributed by atoms with Gasteiger partial charge in [0.05, 0.1) is 10.6 Å². The number of amidine groups is 1. The Bertz CT molecular complexity index is 799. The minimum atomic E-state index is -0.348. The van der Waals surface area contributed by atoms with Gasteiger partial charge in [-0.2, -0.15) is 0 Å². The maximum absolute atomic E-state index is 10.9. The van der Waals surface area contributed by atoms with Crippen molar-refractivity contribution in [3.63, 3.8) is 0 Å². The molecule has 24 heavy (non-hydrogen) atoms. The number of nitrogens with zero attached hydrogens (tertiary/aromatic N) is 1. The predicted molar refractivity (Wildman–Crippen MR) is 99.7 cm³/mol. The van der Waals surface area contributed by atoms with Crippen molar-refractivity contribution < 1.29 is 5.11 Å². The monoisotopic (exact) mass is 340 g/mol. The van der Waals surface area contributed by atoms with Gasteiger partial charge < -0.3 is 10.0 Å². The van der Waals surface area contributed by atoms with Crippen LogP contribution in [0.3, 0.4) is 0 Å². The summed E-state index contributed by atoms with van der Waals surface area (Å²) in [6.07, 6.45) is 1.88. The van der Waals surface area contributed by atoms with Gasteiger partial charge in [0.2, 0.25) is 0 Å². The number of aliphatic hydroxyl groups excluding tert-OH is 1. The minimum absolute atomic E-state index is 0.184. The maximum atomic E-state index is 10.9. The molecule has 0 aromatic heterocycles. The summed E-state index contributed by atoms with van der Waals surface area (Å²) in [6.45, 7) is 2.11. The van der Waals surface area contributed by atoms with Crippen LogP contribution in [-0.4, -0.2) is 22.9 Å². The summed E-state index contributed by atoms with van der Waals surface area (Å²) >= 11 is 6.58. The Kier molecular flexibility index (Phi) is 4.63. The van der Waals surface area contributed by atoms with Gasteiger partial charge in [-0.05, 0) is 17.5 Å². The molecule has 2 aromatic rings. The quantitative estimate of drug-likeness (QED) is 0.801. The third-order valence-electron chi connectivity index (χ3n) is 4.47. The van der Waals surface area contributed by atoms with E-state index in [1.165, 1.54) is 0 Å². The van der Waals surface area contributed by atoms with Gasteiger partial charge in [-0.3, -0.25) is 5.41 Å². The lowest BCUT2D eigenvalue weighted by Gasteiger charge is -2.22. The Morgan fingerprint density at radius 1 is 1.12 bits per heavy atom. The number of halogens is 1. The minimum Gasteiger partial charge on any atom is -0.509 e. The summed E-state index contributed by atoms with van der Waals surface area (Å²) < 4.78 is 0. The second-order valence-corrected chi connectivity index (χ2v) is 6.44. The number of hydrogen-bond donors (Lipinski definition) is 2. The molecule has 3 rings (SSSR count). The number of hydrogen-bond acceptors (Lipinski definition) is 2. The molecular weight excluding hydrogens is 320 g/mol. The van der Waals surface area contributed by atoms with E-state index in [2.05, 4.69) is 6.92 Å². The molecule has 0 aliphatic carbocycles. The molecule has 0 amide bonds. The lowest BCUT2D eigenvalue weighted by Crippen LogP contribution is -2.25. The van der Waals surface area contributed by atoms with Crippen molar-refractivity contribution in [3.8, 4) is 0 Å². The van der Waals surface area contributed by atoms with Gasteiger partial charge in [-0.1, -0.05) is 73.5 Å². The molecule has 2 aromatic carbocycles. The summed E-state index contributed by atoms with van der Waals surface area (Å²) in [5.74, 6) is 0.473. The molecular formula is C20H21ClN2O. The van der Waals surface area contributed by atoms with Crippen LogP contribution >= 0.6 is 11.6 Å². The smallest absolute Gasteiger partial charge is 0.132 e. The number of likely N-dealkylation sites (N-methyl/N-ethyl adjacent to an activating group) is 1. The van der Waals surface area contributed by atoms with Crippen molar-refractivity contribution in [2.75, 3.05) is 7.05 Å². The van der Waals surface area contributed by atoms with Crippen LogP contribution in [0.5, 0.6) is 0 Å². The average Bonchev–Trinajstić information content (AvgIpc) is 2.80. The van der Waals surface area contributed by atoms with Gasteiger partial charge in [0.15, 0.2) is 0 Å². The first-order valence-corrected chi connectivity index (χ1v) is 8.51. The highest BCUT2D eigenvalue weighted by Crippen LogP contribution is 2.42. The zero-order valence-corrected chi connectivity index (χ0v) is 14.6. The van der Waals surface area contributed by atoms with Crippen molar-refractivity contribution in [1.82, 2.24) is 4.90 Å². The van der Waals surface area contributed by atoms with Gasteiger partial charge in [-0.25, -0.2) is 0 Å². The van der Waals surface area contributed by atoms with Gasteiger partial charge in [0.1, 0.15) is 17.6 Å². The third-order valence-corrected chi connectivity index (χ3v) is 4.92. The molecule has 2 N–H and O–H groups in total. The van der Waals surface area contributed by atoms with Gasteiger partial charge >= 0.3 is 0 Å². The van der Waals surface area contributed by atoms with Crippen LogP contribution in [-0.2, 0) is 6.42 Å². The Hall–Kier alpha value is -2.26. The van der Waals surface area contributed by atoms with Crippen molar-refractivity contribution in [1.29, 1.82) is 5.41 Å². The van der Waals surface area contributed by atoms with Crippen molar-refractivity contribution >= 4 is 23.0 Å². The van der Waals surface area contributed by atoms with Crippen LogP contribution in [0.4, 0.5) is 0 Å². The number of aryl methyl sites for hydroxylation is 1. The molecule has 1 heterocycles. The first kappa shape index (κ1) is 16.6. The number of rotatable bonds is 4. The van der Waals surface area contributed by atoms with E-state index < -0.39 is 0 Å². The topological polar surface area (TPSA) is 47.3 Å². The lowest BCUT2D eigenvalue weighted by molar-refractivity contribution is 0.303. The van der Waals surface area contributed by atoms with Crippen LogP contribution in [0.1, 0.15) is 36.1 Å². The molecule has 0 radical (unpaired) electrons. The molecule has 1 aliphatic heterocycles. The van der Waals surface area contributed by atoms with Gasteiger partial charge in [0.25, 0.3) is 0 Å². The van der Waals surface area contributed by atoms with E-state index in [1.54, 1.807) is 4.90 Å². The van der Waals surface area contributed by atoms with Gasteiger partial charge in [-0.15, -0.1) is 0 Å². The number of nitrogens with one attached hydrogen (secondary N) is 1. The molecule has 0 bridgehead atoms. The highest BCUT2D eigenvalue weighted by molar-refractivity contribution is 6.36. The van der Waals surface area contributed by atoms with Crippen LogP contribution in [0.2, 0.25) is 5.02 Å². The summed E-state index contributed by atoms with van der Waals surface area (Å²) in [5.41, 5.74) is 3.26. The SMILES string of the molecule is CCCc1cccc(C2=C(O)C(c3ccccc3)N(C)C2=N)c1Cl. The molecule has 1 atom stereocenters.